The summed E-state index contributed by atoms with van der Waals surface area (Å²) >= 11 is 0. The molecule has 1 aromatic heterocycles. The van der Waals surface area contributed by atoms with Gasteiger partial charge in [0.25, 0.3) is 0 Å². The van der Waals surface area contributed by atoms with Crippen LogP contribution in [0.15, 0.2) is 0 Å². The van der Waals surface area contributed by atoms with Gasteiger partial charge in [-0.2, -0.15) is 0 Å². The quantitative estimate of drug-likeness (QED) is 0.713. The first-order valence-electron chi connectivity index (χ1n) is 5.76. The van der Waals surface area contributed by atoms with Gasteiger partial charge in [-0.15, -0.1) is 5.10 Å². The first kappa shape index (κ1) is 10.3. The molecule has 15 heavy (non-hydrogen) atoms. The van der Waals surface area contributed by atoms with E-state index in [1.165, 1.54) is 32.1 Å². The summed E-state index contributed by atoms with van der Waals surface area (Å²) in [4.78, 5) is 10.8. The van der Waals surface area contributed by atoms with Crippen LogP contribution >= 0.6 is 0 Å². The van der Waals surface area contributed by atoms with Crippen LogP contribution < -0.4 is 0 Å². The molecule has 1 heterocycles. The Hall–Kier alpha value is -1.19. The highest BCUT2D eigenvalue weighted by Gasteiger charge is 2.20. The monoisotopic (exact) mass is 207 g/mol. The Morgan fingerprint density at radius 1 is 1.40 bits per heavy atom. The lowest BCUT2D eigenvalue weighted by Crippen LogP contribution is -2.16. The molecule has 0 aliphatic heterocycles. The average molecular weight is 207 g/mol. The van der Waals surface area contributed by atoms with Gasteiger partial charge in [-0.25, -0.2) is 4.68 Å². The fourth-order valence-electron chi connectivity index (χ4n) is 2.38. The minimum absolute atomic E-state index is 0.467. The maximum atomic E-state index is 10.8. The molecule has 0 amide bonds. The summed E-state index contributed by atoms with van der Waals surface area (Å²) in [6.07, 6.45) is 7.85. The van der Waals surface area contributed by atoms with Crippen LogP contribution in [0.25, 0.3) is 0 Å². The van der Waals surface area contributed by atoms with Crippen LogP contribution in [-0.2, 0) is 6.42 Å². The van der Waals surface area contributed by atoms with E-state index in [9.17, 15) is 4.79 Å². The average Bonchev–Trinajstić information content (AvgIpc) is 2.72. The van der Waals surface area contributed by atoms with Gasteiger partial charge in [0.05, 0.1) is 11.7 Å². The predicted molar refractivity (Wildman–Crippen MR) is 56.9 cm³/mol. The largest absolute Gasteiger partial charge is 0.296 e. The van der Waals surface area contributed by atoms with Crippen LogP contribution in [0.5, 0.6) is 0 Å². The zero-order valence-corrected chi connectivity index (χ0v) is 9.15. The SMILES string of the molecule is CCc1c(C=O)nnn1C1CCCCC1. The summed E-state index contributed by atoms with van der Waals surface area (Å²) < 4.78 is 1.98. The fourth-order valence-corrected chi connectivity index (χ4v) is 2.38. The van der Waals surface area contributed by atoms with E-state index in [4.69, 9.17) is 0 Å². The van der Waals surface area contributed by atoms with Gasteiger partial charge in [0.2, 0.25) is 0 Å². The molecule has 82 valence electrons. The van der Waals surface area contributed by atoms with Crippen molar-refractivity contribution in [2.75, 3.05) is 0 Å². The molecule has 1 aromatic rings. The Kier molecular flexibility index (Phi) is 3.14. The molecule has 2 rings (SSSR count). The van der Waals surface area contributed by atoms with E-state index >= 15 is 0 Å². The van der Waals surface area contributed by atoms with Gasteiger partial charge in [-0.1, -0.05) is 31.4 Å². The molecule has 0 spiro atoms. The number of carbonyl (C=O) groups excluding carboxylic acids is 1. The number of rotatable bonds is 3. The second kappa shape index (κ2) is 4.55. The van der Waals surface area contributed by atoms with Crippen molar-refractivity contribution in [2.45, 2.75) is 51.5 Å². The first-order valence-corrected chi connectivity index (χ1v) is 5.76. The highest BCUT2D eigenvalue weighted by Crippen LogP contribution is 2.28. The van der Waals surface area contributed by atoms with E-state index in [2.05, 4.69) is 10.3 Å². The molecule has 4 heteroatoms. The van der Waals surface area contributed by atoms with Gasteiger partial charge < -0.3 is 0 Å². The third-order valence-corrected chi connectivity index (χ3v) is 3.19. The smallest absolute Gasteiger partial charge is 0.172 e. The summed E-state index contributed by atoms with van der Waals surface area (Å²) in [7, 11) is 0. The van der Waals surface area contributed by atoms with Crippen molar-refractivity contribution in [3.05, 3.63) is 11.4 Å². The van der Waals surface area contributed by atoms with Crippen LogP contribution in [0.3, 0.4) is 0 Å². The molecule has 4 nitrogen and oxygen atoms in total. The van der Waals surface area contributed by atoms with Crippen molar-refractivity contribution in [3.63, 3.8) is 0 Å². The van der Waals surface area contributed by atoms with Gasteiger partial charge in [0, 0.05) is 0 Å². The summed E-state index contributed by atoms with van der Waals surface area (Å²) in [6, 6.07) is 0.467. The van der Waals surface area contributed by atoms with Gasteiger partial charge in [0.1, 0.15) is 5.69 Å². The van der Waals surface area contributed by atoms with Crippen molar-refractivity contribution < 1.29 is 4.79 Å². The zero-order chi connectivity index (χ0) is 10.7. The summed E-state index contributed by atoms with van der Waals surface area (Å²) in [5.41, 5.74) is 1.51. The van der Waals surface area contributed by atoms with Gasteiger partial charge in [-0.3, -0.25) is 4.79 Å². The van der Waals surface area contributed by atoms with Crippen molar-refractivity contribution >= 4 is 6.29 Å². The third-order valence-electron chi connectivity index (χ3n) is 3.19. The van der Waals surface area contributed by atoms with Crippen molar-refractivity contribution in [1.29, 1.82) is 0 Å². The molecule has 0 aromatic carbocycles. The lowest BCUT2D eigenvalue weighted by Gasteiger charge is -2.22. The van der Waals surface area contributed by atoms with Crippen LogP contribution in [0.4, 0.5) is 0 Å². The van der Waals surface area contributed by atoms with Gasteiger partial charge in [0.15, 0.2) is 6.29 Å². The normalized spacial score (nSPS) is 17.9. The lowest BCUT2D eigenvalue weighted by atomic mass is 9.95. The topological polar surface area (TPSA) is 47.8 Å². The van der Waals surface area contributed by atoms with E-state index in [-0.39, 0.29) is 0 Å². The fraction of sp³-hybridized carbons (Fsp3) is 0.727. The standard InChI is InChI=1S/C11H17N3O/c1-2-11-10(8-15)12-13-14(11)9-6-4-3-5-7-9/h8-9H,2-7H2,1H3. The summed E-state index contributed by atoms with van der Waals surface area (Å²) in [5, 5.41) is 8.04. The summed E-state index contributed by atoms with van der Waals surface area (Å²) in [6.45, 7) is 2.05. The predicted octanol–water partition coefficient (Wildman–Crippen LogP) is 2.16. The molecule has 0 N–H and O–H groups in total. The maximum Gasteiger partial charge on any atom is 0.172 e. The highest BCUT2D eigenvalue weighted by molar-refractivity contribution is 5.73. The van der Waals surface area contributed by atoms with Crippen LogP contribution in [0.2, 0.25) is 0 Å². The van der Waals surface area contributed by atoms with Gasteiger partial charge >= 0.3 is 0 Å². The molecule has 0 atom stereocenters. The number of aromatic nitrogens is 3. The molecule has 1 fully saturated rings. The number of hydrogen-bond donors (Lipinski definition) is 0. The molecule has 1 aliphatic rings. The Morgan fingerprint density at radius 2 is 2.13 bits per heavy atom. The van der Waals surface area contributed by atoms with Gasteiger partial charge in [-0.05, 0) is 19.3 Å². The second-order valence-electron chi connectivity index (χ2n) is 4.13. The molecule has 0 radical (unpaired) electrons. The summed E-state index contributed by atoms with van der Waals surface area (Å²) in [5.74, 6) is 0. The molecular formula is C11H17N3O. The molecule has 0 bridgehead atoms. The third kappa shape index (κ3) is 1.94. The molecule has 0 unspecified atom stereocenters. The number of nitrogens with zero attached hydrogens (tertiary/aromatic N) is 3. The molecular weight excluding hydrogens is 190 g/mol. The molecule has 0 saturated heterocycles. The molecule has 1 aliphatic carbocycles. The van der Waals surface area contributed by atoms with Crippen molar-refractivity contribution in [1.82, 2.24) is 15.0 Å². The van der Waals surface area contributed by atoms with E-state index < -0.39 is 0 Å². The maximum absolute atomic E-state index is 10.8. The zero-order valence-electron chi connectivity index (χ0n) is 9.15. The van der Waals surface area contributed by atoms with Crippen molar-refractivity contribution in [3.8, 4) is 0 Å². The van der Waals surface area contributed by atoms with E-state index in [0.29, 0.717) is 11.7 Å². The van der Waals surface area contributed by atoms with E-state index in [1.807, 2.05) is 11.6 Å². The minimum atomic E-state index is 0.467. The van der Waals surface area contributed by atoms with Crippen LogP contribution in [0, 0.1) is 0 Å². The number of carbonyl (C=O) groups is 1. The van der Waals surface area contributed by atoms with E-state index in [0.717, 1.165) is 18.4 Å². The van der Waals surface area contributed by atoms with Crippen LogP contribution in [-0.4, -0.2) is 21.3 Å². The lowest BCUT2D eigenvalue weighted by molar-refractivity contribution is 0.111. The Morgan fingerprint density at radius 3 is 2.73 bits per heavy atom. The minimum Gasteiger partial charge on any atom is -0.296 e. The Labute approximate surface area is 89.7 Å². The van der Waals surface area contributed by atoms with Crippen molar-refractivity contribution in [2.24, 2.45) is 0 Å². The molecule has 1 saturated carbocycles. The Bertz CT molecular complexity index is 340. The second-order valence-corrected chi connectivity index (χ2v) is 4.13. The first-order chi connectivity index (χ1) is 7.36. The van der Waals surface area contributed by atoms with E-state index in [1.54, 1.807) is 0 Å². The van der Waals surface area contributed by atoms with Crippen LogP contribution in [0.1, 0.15) is 61.3 Å². The number of aldehydes is 1. The Balaban J connectivity index is 2.25. The highest BCUT2D eigenvalue weighted by atomic mass is 16.1. The number of hydrogen-bond acceptors (Lipinski definition) is 3.